The third kappa shape index (κ3) is 4.23. The van der Waals surface area contributed by atoms with Crippen LogP contribution in [0.1, 0.15) is 28.8 Å². The fourth-order valence-electron chi connectivity index (χ4n) is 3.11. The summed E-state index contributed by atoms with van der Waals surface area (Å²) in [5, 5.41) is 14.2. The maximum Gasteiger partial charge on any atom is 0.270 e. The Balaban J connectivity index is 1.61. The topological polar surface area (TPSA) is 89.2 Å². The number of fused-ring (bicyclic) bond motifs is 1. The summed E-state index contributed by atoms with van der Waals surface area (Å²) in [5.74, 6) is -0.105. The molecule has 156 valence electrons. The quantitative estimate of drug-likeness (QED) is 0.269. The zero-order valence-corrected chi connectivity index (χ0v) is 18.7. The fraction of sp³-hybridized carbons (Fsp3) is 0.136. The predicted molar refractivity (Wildman–Crippen MR) is 126 cm³/mol. The highest BCUT2D eigenvalue weighted by Gasteiger charge is 2.20. The highest BCUT2D eigenvalue weighted by Crippen LogP contribution is 2.33. The summed E-state index contributed by atoms with van der Waals surface area (Å²) in [6, 6.07) is 10.5. The van der Waals surface area contributed by atoms with Gasteiger partial charge in [-0.2, -0.15) is 0 Å². The molecule has 4 rings (SSSR count). The van der Waals surface area contributed by atoms with Gasteiger partial charge in [-0.05, 0) is 49.3 Å². The van der Waals surface area contributed by atoms with Crippen LogP contribution < -0.4 is 4.90 Å². The Hall–Kier alpha value is -3.43. The molecule has 0 aliphatic heterocycles. The third-order valence-electron chi connectivity index (χ3n) is 4.83. The number of hydrogen-bond acceptors (Lipinski definition) is 7. The van der Waals surface area contributed by atoms with E-state index in [1.165, 1.54) is 41.7 Å². The number of aryl methyl sites for hydroxylation is 1. The van der Waals surface area contributed by atoms with Crippen LogP contribution in [0.25, 0.3) is 22.4 Å². The SMILES string of the molecule is CC(=O)N(c1nc(C=Cc2nc3ccc([N+](=O)[O-])cc3s2)cs1)c1cccc(C)c1C. The first-order chi connectivity index (χ1) is 14.8. The summed E-state index contributed by atoms with van der Waals surface area (Å²) in [7, 11) is 0. The Bertz CT molecular complexity index is 1340. The van der Waals surface area contributed by atoms with E-state index in [-0.39, 0.29) is 11.6 Å². The van der Waals surface area contributed by atoms with Crippen LogP contribution in [-0.4, -0.2) is 20.8 Å². The van der Waals surface area contributed by atoms with Gasteiger partial charge in [0.25, 0.3) is 5.69 Å². The molecule has 2 aromatic carbocycles. The van der Waals surface area contributed by atoms with Gasteiger partial charge in [0.05, 0.1) is 26.5 Å². The van der Waals surface area contributed by atoms with E-state index in [4.69, 9.17) is 0 Å². The highest BCUT2D eigenvalue weighted by molar-refractivity contribution is 7.19. The van der Waals surface area contributed by atoms with E-state index < -0.39 is 4.92 Å². The molecule has 1 amide bonds. The van der Waals surface area contributed by atoms with E-state index >= 15 is 0 Å². The van der Waals surface area contributed by atoms with Crippen LogP contribution in [0.15, 0.2) is 41.8 Å². The van der Waals surface area contributed by atoms with Crippen LogP contribution in [0.4, 0.5) is 16.5 Å². The molecule has 0 unspecified atom stereocenters. The van der Waals surface area contributed by atoms with Gasteiger partial charge in [-0.15, -0.1) is 22.7 Å². The molecule has 7 nitrogen and oxygen atoms in total. The molecule has 0 aliphatic rings. The number of aromatic nitrogens is 2. The van der Waals surface area contributed by atoms with Crippen molar-refractivity contribution >= 4 is 67.5 Å². The highest BCUT2D eigenvalue weighted by atomic mass is 32.1. The Morgan fingerprint density at radius 2 is 1.97 bits per heavy atom. The van der Waals surface area contributed by atoms with Crippen LogP contribution in [0.2, 0.25) is 0 Å². The minimum atomic E-state index is -0.414. The van der Waals surface area contributed by atoms with Crippen LogP contribution in [0.3, 0.4) is 0 Å². The van der Waals surface area contributed by atoms with E-state index in [1.807, 2.05) is 49.6 Å². The lowest BCUT2D eigenvalue weighted by atomic mass is 10.1. The summed E-state index contributed by atoms with van der Waals surface area (Å²) in [6.45, 7) is 5.53. The van der Waals surface area contributed by atoms with Crippen molar-refractivity contribution in [1.29, 1.82) is 0 Å². The van der Waals surface area contributed by atoms with Crippen molar-refractivity contribution in [3.05, 3.63) is 73.7 Å². The average Bonchev–Trinajstić information content (AvgIpc) is 3.35. The number of benzene rings is 2. The van der Waals surface area contributed by atoms with E-state index in [0.717, 1.165) is 26.5 Å². The van der Waals surface area contributed by atoms with Gasteiger partial charge in [0.2, 0.25) is 5.91 Å². The van der Waals surface area contributed by atoms with Crippen molar-refractivity contribution in [3.8, 4) is 0 Å². The van der Waals surface area contributed by atoms with Crippen molar-refractivity contribution in [2.45, 2.75) is 20.8 Å². The molecule has 0 radical (unpaired) electrons. The van der Waals surface area contributed by atoms with Gasteiger partial charge in [0.1, 0.15) is 5.01 Å². The van der Waals surface area contributed by atoms with Gasteiger partial charge < -0.3 is 0 Å². The number of nitrogens with zero attached hydrogens (tertiary/aromatic N) is 4. The van der Waals surface area contributed by atoms with Crippen LogP contribution in [-0.2, 0) is 4.79 Å². The smallest absolute Gasteiger partial charge is 0.270 e. The molecular formula is C22H18N4O3S2. The molecule has 0 saturated heterocycles. The first kappa shape index (κ1) is 20.8. The molecule has 0 spiro atoms. The Morgan fingerprint density at radius 1 is 1.16 bits per heavy atom. The molecule has 31 heavy (non-hydrogen) atoms. The molecule has 4 aromatic rings. The summed E-state index contributed by atoms with van der Waals surface area (Å²) < 4.78 is 0.755. The zero-order chi connectivity index (χ0) is 22.1. The molecule has 0 saturated carbocycles. The predicted octanol–water partition coefficient (Wildman–Crippen LogP) is 6.13. The standard InChI is InChI=1S/C22H18N4O3S2/c1-13-5-4-6-19(14(13)2)25(15(3)27)22-23-16(12-30-22)7-10-21-24-18-9-8-17(26(28)29)11-20(18)31-21/h4-12H,1-3H3. The Kier molecular flexibility index (Phi) is 5.62. The number of carbonyl (C=O) groups excluding carboxylic acids is 1. The lowest BCUT2D eigenvalue weighted by Crippen LogP contribution is -2.23. The minimum absolute atomic E-state index is 0.0478. The lowest BCUT2D eigenvalue weighted by molar-refractivity contribution is -0.384. The molecule has 0 atom stereocenters. The second-order valence-electron chi connectivity index (χ2n) is 6.92. The lowest BCUT2D eigenvalue weighted by Gasteiger charge is -2.21. The Labute approximate surface area is 186 Å². The van der Waals surface area contributed by atoms with Crippen molar-refractivity contribution in [3.63, 3.8) is 0 Å². The third-order valence-corrected chi connectivity index (χ3v) is 6.66. The minimum Gasteiger partial charge on any atom is -0.274 e. The molecule has 0 bridgehead atoms. The van der Waals surface area contributed by atoms with E-state index in [0.29, 0.717) is 16.3 Å². The van der Waals surface area contributed by atoms with Crippen molar-refractivity contribution in [2.24, 2.45) is 0 Å². The first-order valence-corrected chi connectivity index (χ1v) is 11.1. The largest absolute Gasteiger partial charge is 0.274 e. The number of hydrogen-bond donors (Lipinski definition) is 0. The monoisotopic (exact) mass is 450 g/mol. The van der Waals surface area contributed by atoms with Crippen molar-refractivity contribution in [1.82, 2.24) is 9.97 Å². The van der Waals surface area contributed by atoms with E-state index in [1.54, 1.807) is 11.0 Å². The van der Waals surface area contributed by atoms with Gasteiger partial charge in [-0.25, -0.2) is 9.97 Å². The first-order valence-electron chi connectivity index (χ1n) is 9.39. The second-order valence-corrected chi connectivity index (χ2v) is 8.82. The molecule has 0 N–H and O–H groups in total. The maximum absolute atomic E-state index is 12.4. The maximum atomic E-state index is 12.4. The van der Waals surface area contributed by atoms with Crippen molar-refractivity contribution < 1.29 is 9.72 Å². The number of amides is 1. The van der Waals surface area contributed by atoms with Gasteiger partial charge in [-0.1, -0.05) is 12.1 Å². The molecule has 2 heterocycles. The summed E-state index contributed by atoms with van der Waals surface area (Å²) in [4.78, 5) is 33.6. The summed E-state index contributed by atoms with van der Waals surface area (Å²) in [6.07, 6.45) is 3.65. The number of nitro benzene ring substituents is 1. The van der Waals surface area contributed by atoms with Crippen LogP contribution >= 0.6 is 22.7 Å². The number of rotatable bonds is 5. The van der Waals surface area contributed by atoms with Crippen molar-refractivity contribution in [2.75, 3.05) is 4.90 Å². The summed E-state index contributed by atoms with van der Waals surface area (Å²) in [5.41, 5.74) is 4.44. The van der Waals surface area contributed by atoms with Crippen LogP contribution in [0, 0.1) is 24.0 Å². The fourth-order valence-corrected chi connectivity index (χ4v) is 4.86. The average molecular weight is 451 g/mol. The number of non-ortho nitro benzene ring substituents is 1. The van der Waals surface area contributed by atoms with Crippen LogP contribution in [0.5, 0.6) is 0 Å². The number of thiazole rings is 2. The molecule has 0 aliphatic carbocycles. The van der Waals surface area contributed by atoms with Gasteiger partial charge >= 0.3 is 0 Å². The van der Waals surface area contributed by atoms with Gasteiger partial charge in [0.15, 0.2) is 5.13 Å². The molecular weight excluding hydrogens is 432 g/mol. The zero-order valence-electron chi connectivity index (χ0n) is 17.0. The number of nitro groups is 1. The molecule has 0 fully saturated rings. The number of anilines is 2. The second kappa shape index (κ2) is 8.37. The normalized spacial score (nSPS) is 11.3. The van der Waals surface area contributed by atoms with E-state index in [9.17, 15) is 14.9 Å². The summed E-state index contributed by atoms with van der Waals surface area (Å²) >= 11 is 2.77. The Morgan fingerprint density at radius 3 is 2.71 bits per heavy atom. The molecule has 9 heteroatoms. The van der Waals surface area contributed by atoms with Gasteiger partial charge in [-0.3, -0.25) is 19.8 Å². The van der Waals surface area contributed by atoms with Gasteiger partial charge in [0, 0.05) is 24.4 Å². The molecule has 2 aromatic heterocycles. The number of carbonyl (C=O) groups is 1. The van der Waals surface area contributed by atoms with E-state index in [2.05, 4.69) is 9.97 Å².